The fourth-order valence-electron chi connectivity index (χ4n) is 9.75. The molecule has 0 bridgehead atoms. The molecule has 0 aliphatic rings. The minimum absolute atomic E-state index is 0.866. The number of para-hydroxylation sites is 1. The van der Waals surface area contributed by atoms with E-state index < -0.39 is 0 Å². The summed E-state index contributed by atoms with van der Waals surface area (Å²) in [6.07, 6.45) is 0. The summed E-state index contributed by atoms with van der Waals surface area (Å²) in [5.74, 6) is 0. The van der Waals surface area contributed by atoms with Gasteiger partial charge in [0.2, 0.25) is 0 Å². The van der Waals surface area contributed by atoms with E-state index >= 15 is 0 Å². The van der Waals surface area contributed by atoms with E-state index in [1.165, 1.54) is 70.9 Å². The highest BCUT2D eigenvalue weighted by atomic mass is 16.3. The first-order valence-electron chi connectivity index (χ1n) is 19.9. The van der Waals surface area contributed by atoms with Crippen LogP contribution in [0.3, 0.4) is 0 Å². The minimum Gasteiger partial charge on any atom is -0.455 e. The Bertz CT molecular complexity index is 3800. The molecule has 2 heteroatoms. The van der Waals surface area contributed by atoms with Crippen LogP contribution in [0, 0.1) is 0 Å². The van der Waals surface area contributed by atoms with E-state index in [-0.39, 0.29) is 0 Å². The van der Waals surface area contributed by atoms with Crippen LogP contribution in [-0.4, -0.2) is 0 Å². The molecule has 0 radical (unpaired) electrons. The summed E-state index contributed by atoms with van der Waals surface area (Å²) in [6, 6.07) is 70.5. The normalized spacial score (nSPS) is 12.1. The highest BCUT2D eigenvalue weighted by Crippen LogP contribution is 2.46. The lowest BCUT2D eigenvalue weighted by Gasteiger charge is -2.19. The molecular formula is C56H32O2. The molecule has 2 aromatic heterocycles. The highest BCUT2D eigenvalue weighted by Gasteiger charge is 2.20. The van der Waals surface area contributed by atoms with Crippen molar-refractivity contribution in [1.29, 1.82) is 0 Å². The van der Waals surface area contributed by atoms with Crippen LogP contribution in [0.2, 0.25) is 0 Å². The van der Waals surface area contributed by atoms with Crippen molar-refractivity contribution in [1.82, 2.24) is 0 Å². The Hall–Kier alpha value is -7.68. The molecule has 2 nitrogen and oxygen atoms in total. The average molecular weight is 737 g/mol. The van der Waals surface area contributed by atoms with Crippen molar-refractivity contribution < 1.29 is 8.83 Å². The van der Waals surface area contributed by atoms with Crippen molar-refractivity contribution in [2.45, 2.75) is 0 Å². The molecule has 0 N–H and O–H groups in total. The molecule has 0 unspecified atom stereocenters. The Labute approximate surface area is 332 Å². The molecule has 0 saturated carbocycles. The van der Waals surface area contributed by atoms with Gasteiger partial charge in [0, 0.05) is 21.5 Å². The summed E-state index contributed by atoms with van der Waals surface area (Å²) in [6.45, 7) is 0. The van der Waals surface area contributed by atoms with E-state index in [1.807, 2.05) is 12.1 Å². The summed E-state index contributed by atoms with van der Waals surface area (Å²) in [4.78, 5) is 0. The van der Waals surface area contributed by atoms with Gasteiger partial charge in [0.05, 0.1) is 5.39 Å². The first kappa shape index (κ1) is 31.5. The smallest absolute Gasteiger partial charge is 0.147 e. The molecule has 0 aliphatic heterocycles. The Morgan fingerprint density at radius 3 is 1.48 bits per heavy atom. The van der Waals surface area contributed by atoms with Crippen LogP contribution in [0.25, 0.3) is 131 Å². The summed E-state index contributed by atoms with van der Waals surface area (Å²) in [5.41, 5.74) is 10.9. The molecule has 0 spiro atoms. The third kappa shape index (κ3) is 4.48. The topological polar surface area (TPSA) is 26.3 Å². The SMILES string of the molecule is c1ccc2c(-c3c4ccccc4c(-c4ccc5cc(-c6ccc7oc8c(ccc9ccc%10c%11ccccc%11oc%10c98)c7c6)ccc5c4)c4ccccc34)cccc2c1. The van der Waals surface area contributed by atoms with Crippen molar-refractivity contribution >= 4 is 97.7 Å². The fraction of sp³-hybridized carbons (Fsp3) is 0. The summed E-state index contributed by atoms with van der Waals surface area (Å²) in [5, 5.41) is 16.5. The number of furan rings is 2. The number of fused-ring (bicyclic) bond motifs is 13. The Morgan fingerprint density at radius 1 is 0.259 bits per heavy atom. The minimum atomic E-state index is 0.866. The third-order valence-corrected chi connectivity index (χ3v) is 12.4. The maximum Gasteiger partial charge on any atom is 0.147 e. The summed E-state index contributed by atoms with van der Waals surface area (Å²) < 4.78 is 13.1. The van der Waals surface area contributed by atoms with E-state index in [0.717, 1.165) is 60.2 Å². The molecule has 13 aromatic rings. The molecule has 268 valence electrons. The van der Waals surface area contributed by atoms with Crippen LogP contribution in [0.15, 0.2) is 203 Å². The maximum absolute atomic E-state index is 6.64. The first-order valence-corrected chi connectivity index (χ1v) is 19.9. The van der Waals surface area contributed by atoms with E-state index in [0.29, 0.717) is 0 Å². The van der Waals surface area contributed by atoms with Crippen LogP contribution < -0.4 is 0 Å². The van der Waals surface area contributed by atoms with Crippen LogP contribution >= 0.6 is 0 Å². The second-order valence-corrected chi connectivity index (χ2v) is 15.5. The maximum atomic E-state index is 6.64. The van der Waals surface area contributed by atoms with Gasteiger partial charge in [-0.25, -0.2) is 0 Å². The van der Waals surface area contributed by atoms with Gasteiger partial charge in [-0.3, -0.25) is 0 Å². The van der Waals surface area contributed by atoms with Crippen LogP contribution in [0.4, 0.5) is 0 Å². The lowest BCUT2D eigenvalue weighted by molar-refractivity contribution is 0.663. The zero-order chi connectivity index (χ0) is 37.9. The molecule has 13 rings (SSSR count). The quantitative estimate of drug-likeness (QED) is 0.169. The first-order chi connectivity index (χ1) is 28.7. The summed E-state index contributed by atoms with van der Waals surface area (Å²) in [7, 11) is 0. The molecule has 0 amide bonds. The standard InChI is InChI=1S/C56H32O2/c1-2-12-40-33(10-1)11-9-18-42(40)54-45-16-5-3-14-43(45)52(44-15-4-6-17-46(44)54)39-23-22-35-30-36(20-21-37(35)31-39)38-26-29-51-49(32-38)48-28-25-34-24-27-47-41-13-7-8-19-50(41)57-55(47)53(34)56(48)58-51/h1-32H. The van der Waals surface area contributed by atoms with Crippen molar-refractivity contribution in [3.8, 4) is 33.4 Å². The zero-order valence-electron chi connectivity index (χ0n) is 31.3. The van der Waals surface area contributed by atoms with Crippen molar-refractivity contribution in [3.05, 3.63) is 194 Å². The monoisotopic (exact) mass is 736 g/mol. The number of benzene rings is 11. The molecule has 0 atom stereocenters. The van der Waals surface area contributed by atoms with Crippen molar-refractivity contribution in [3.63, 3.8) is 0 Å². The van der Waals surface area contributed by atoms with Gasteiger partial charge in [-0.2, -0.15) is 0 Å². The molecule has 0 fully saturated rings. The van der Waals surface area contributed by atoms with Crippen LogP contribution in [-0.2, 0) is 0 Å². The van der Waals surface area contributed by atoms with Crippen molar-refractivity contribution in [2.24, 2.45) is 0 Å². The van der Waals surface area contributed by atoms with Gasteiger partial charge < -0.3 is 8.83 Å². The number of hydrogen-bond acceptors (Lipinski definition) is 2. The van der Waals surface area contributed by atoms with E-state index in [2.05, 4.69) is 182 Å². The van der Waals surface area contributed by atoms with E-state index in [1.54, 1.807) is 0 Å². The lowest BCUT2D eigenvalue weighted by atomic mass is 9.84. The number of rotatable bonds is 3. The lowest BCUT2D eigenvalue weighted by Crippen LogP contribution is -1.91. The largest absolute Gasteiger partial charge is 0.455 e. The summed E-state index contributed by atoms with van der Waals surface area (Å²) >= 11 is 0. The predicted octanol–water partition coefficient (Wildman–Crippen LogP) is 16.3. The van der Waals surface area contributed by atoms with Crippen LogP contribution in [0.1, 0.15) is 0 Å². The molecule has 2 heterocycles. The van der Waals surface area contributed by atoms with E-state index in [9.17, 15) is 0 Å². The van der Waals surface area contributed by atoms with Gasteiger partial charge in [0.25, 0.3) is 0 Å². The second kappa shape index (κ2) is 11.9. The highest BCUT2D eigenvalue weighted by molar-refractivity contribution is 6.26. The van der Waals surface area contributed by atoms with Crippen molar-refractivity contribution in [2.75, 3.05) is 0 Å². The second-order valence-electron chi connectivity index (χ2n) is 15.5. The third-order valence-electron chi connectivity index (χ3n) is 12.4. The van der Waals surface area contributed by atoms with Gasteiger partial charge >= 0.3 is 0 Å². The molecule has 58 heavy (non-hydrogen) atoms. The van der Waals surface area contributed by atoms with Crippen LogP contribution in [0.5, 0.6) is 0 Å². The van der Waals surface area contributed by atoms with Gasteiger partial charge in [0.15, 0.2) is 0 Å². The Morgan fingerprint density at radius 2 is 0.759 bits per heavy atom. The average Bonchev–Trinajstić information content (AvgIpc) is 3.86. The Kier molecular flexibility index (Phi) is 6.47. The molecule has 0 aliphatic carbocycles. The van der Waals surface area contributed by atoms with Gasteiger partial charge in [0.1, 0.15) is 22.3 Å². The molecule has 11 aromatic carbocycles. The molecular weight excluding hydrogens is 705 g/mol. The number of hydrogen-bond donors (Lipinski definition) is 0. The Balaban J connectivity index is 0.946. The van der Waals surface area contributed by atoms with Gasteiger partial charge in [-0.15, -0.1) is 0 Å². The van der Waals surface area contributed by atoms with E-state index in [4.69, 9.17) is 8.83 Å². The zero-order valence-corrected chi connectivity index (χ0v) is 31.3. The van der Waals surface area contributed by atoms with Gasteiger partial charge in [-0.05, 0) is 124 Å². The van der Waals surface area contributed by atoms with Gasteiger partial charge in [-0.1, -0.05) is 152 Å². The molecule has 0 saturated heterocycles. The predicted molar refractivity (Wildman–Crippen MR) is 245 cm³/mol. The fourth-order valence-corrected chi connectivity index (χ4v) is 9.75.